The molecule has 2 rings (SSSR count). The van der Waals surface area contributed by atoms with Crippen LogP contribution in [-0.4, -0.2) is 41.8 Å². The van der Waals surface area contributed by atoms with Crippen LogP contribution in [0.2, 0.25) is 0 Å². The molecule has 2 aliphatic rings. The van der Waals surface area contributed by atoms with Crippen molar-refractivity contribution in [2.75, 3.05) is 19.6 Å². The number of carboxylic acid groups (broad SMARTS) is 1. The van der Waals surface area contributed by atoms with Crippen LogP contribution in [0, 0.1) is 5.92 Å². The normalized spacial score (nSPS) is 35.8. The van der Waals surface area contributed by atoms with Crippen LogP contribution in [0.15, 0.2) is 0 Å². The van der Waals surface area contributed by atoms with E-state index >= 15 is 0 Å². The van der Waals surface area contributed by atoms with Crippen LogP contribution in [0.5, 0.6) is 0 Å². The second kappa shape index (κ2) is 2.37. The van der Waals surface area contributed by atoms with Crippen molar-refractivity contribution < 1.29 is 9.90 Å². The fraction of sp³-hybridized carbons (Fsp3) is 0.857. The molecule has 0 radical (unpaired) electrons. The third-order valence-corrected chi connectivity index (χ3v) is 2.63. The lowest BCUT2D eigenvalue weighted by atomic mass is 10.1. The summed E-state index contributed by atoms with van der Waals surface area (Å²) in [5, 5.41) is 12.0. The van der Waals surface area contributed by atoms with Crippen LogP contribution in [0.4, 0.5) is 4.79 Å². The summed E-state index contributed by atoms with van der Waals surface area (Å²) in [6.45, 7) is 2.47. The van der Waals surface area contributed by atoms with E-state index in [1.54, 1.807) is 0 Å². The monoisotopic (exact) mass is 156 g/mol. The smallest absolute Gasteiger partial charge is 0.407 e. The van der Waals surface area contributed by atoms with Crippen molar-refractivity contribution in [3.63, 3.8) is 0 Å². The molecule has 0 unspecified atom stereocenters. The zero-order chi connectivity index (χ0) is 7.84. The Hall–Kier alpha value is -0.770. The van der Waals surface area contributed by atoms with Crippen molar-refractivity contribution >= 4 is 6.09 Å². The van der Waals surface area contributed by atoms with Crippen LogP contribution in [0.3, 0.4) is 0 Å². The number of hydrogen-bond donors (Lipinski definition) is 2. The van der Waals surface area contributed by atoms with Gasteiger partial charge < -0.3 is 15.3 Å². The second-order valence-corrected chi connectivity index (χ2v) is 3.30. The summed E-state index contributed by atoms with van der Waals surface area (Å²) >= 11 is 0. The average Bonchev–Trinajstić information content (AvgIpc) is 2.40. The van der Waals surface area contributed by atoms with E-state index < -0.39 is 6.09 Å². The molecule has 1 amide bonds. The number of carbonyl (C=O) groups is 1. The van der Waals surface area contributed by atoms with E-state index in [4.69, 9.17) is 5.11 Å². The highest BCUT2D eigenvalue weighted by Crippen LogP contribution is 2.24. The third-order valence-electron chi connectivity index (χ3n) is 2.63. The average molecular weight is 156 g/mol. The SMILES string of the molecule is O=C(O)N1C[C@@H]2CCN[C@@H]2C1. The van der Waals surface area contributed by atoms with Gasteiger partial charge in [0.2, 0.25) is 0 Å². The van der Waals surface area contributed by atoms with Crippen LogP contribution >= 0.6 is 0 Å². The second-order valence-electron chi connectivity index (χ2n) is 3.30. The number of nitrogens with zero attached hydrogens (tertiary/aromatic N) is 1. The van der Waals surface area contributed by atoms with Crippen molar-refractivity contribution in [3.8, 4) is 0 Å². The van der Waals surface area contributed by atoms with Gasteiger partial charge in [0.25, 0.3) is 0 Å². The predicted molar refractivity (Wildman–Crippen MR) is 39.5 cm³/mol. The molecule has 0 saturated carbocycles. The summed E-state index contributed by atoms with van der Waals surface area (Å²) in [6, 6.07) is 0.436. The zero-order valence-electron chi connectivity index (χ0n) is 6.29. The Labute approximate surface area is 65.2 Å². The summed E-state index contributed by atoms with van der Waals surface area (Å²) in [6.07, 6.45) is 0.357. The van der Waals surface area contributed by atoms with Gasteiger partial charge in [0, 0.05) is 19.1 Å². The first-order valence-corrected chi connectivity index (χ1v) is 3.98. The third kappa shape index (κ3) is 1.07. The van der Waals surface area contributed by atoms with Gasteiger partial charge in [0.15, 0.2) is 0 Å². The molecule has 0 aromatic rings. The minimum absolute atomic E-state index is 0.436. The first-order valence-electron chi connectivity index (χ1n) is 3.98. The van der Waals surface area contributed by atoms with Gasteiger partial charge in [-0.3, -0.25) is 0 Å². The Kier molecular flexibility index (Phi) is 1.49. The quantitative estimate of drug-likeness (QED) is 0.517. The van der Waals surface area contributed by atoms with E-state index in [9.17, 15) is 4.79 Å². The van der Waals surface area contributed by atoms with Crippen molar-refractivity contribution in [1.82, 2.24) is 10.2 Å². The summed E-state index contributed by atoms with van der Waals surface area (Å²) in [5.41, 5.74) is 0. The van der Waals surface area contributed by atoms with Crippen LogP contribution in [-0.2, 0) is 0 Å². The standard InChI is InChI=1S/C7H12N2O2/c10-7(11)9-3-5-1-2-8-6(5)4-9/h5-6,8H,1-4H2,(H,10,11)/t5-,6+/m0/s1. The number of amides is 1. The van der Waals surface area contributed by atoms with E-state index in [1.165, 1.54) is 4.90 Å². The Bertz CT molecular complexity index is 171. The summed E-state index contributed by atoms with van der Waals surface area (Å²) in [7, 11) is 0. The molecule has 0 aromatic carbocycles. The number of nitrogens with one attached hydrogen (secondary N) is 1. The number of fused-ring (bicyclic) bond motifs is 1. The molecular formula is C7H12N2O2. The lowest BCUT2D eigenvalue weighted by Crippen LogP contribution is -2.32. The first kappa shape index (κ1) is 6.91. The molecule has 2 atom stereocenters. The van der Waals surface area contributed by atoms with E-state index in [1.807, 2.05) is 0 Å². The lowest BCUT2D eigenvalue weighted by molar-refractivity contribution is 0.152. The highest BCUT2D eigenvalue weighted by molar-refractivity contribution is 5.65. The highest BCUT2D eigenvalue weighted by atomic mass is 16.4. The van der Waals surface area contributed by atoms with Crippen molar-refractivity contribution in [2.45, 2.75) is 12.5 Å². The maximum Gasteiger partial charge on any atom is 0.407 e. The maximum absolute atomic E-state index is 10.5. The van der Waals surface area contributed by atoms with Crippen LogP contribution < -0.4 is 5.32 Å². The van der Waals surface area contributed by atoms with Crippen LogP contribution in [0.1, 0.15) is 6.42 Å². The molecule has 0 aliphatic carbocycles. The predicted octanol–water partition coefficient (Wildman–Crippen LogP) is -0.0419. The molecule has 4 nitrogen and oxygen atoms in total. The molecule has 0 spiro atoms. The van der Waals surface area contributed by atoms with E-state index in [-0.39, 0.29) is 0 Å². The van der Waals surface area contributed by atoms with Crippen molar-refractivity contribution in [2.24, 2.45) is 5.92 Å². The van der Waals surface area contributed by atoms with Gasteiger partial charge in [-0.15, -0.1) is 0 Å². The van der Waals surface area contributed by atoms with Gasteiger partial charge in [0.1, 0.15) is 0 Å². The molecule has 2 N–H and O–H groups in total. The van der Waals surface area contributed by atoms with Gasteiger partial charge in [-0.25, -0.2) is 4.79 Å². The number of rotatable bonds is 0. The van der Waals surface area contributed by atoms with Crippen molar-refractivity contribution in [1.29, 1.82) is 0 Å². The Morgan fingerprint density at radius 1 is 1.55 bits per heavy atom. The molecule has 2 heterocycles. The highest BCUT2D eigenvalue weighted by Gasteiger charge is 2.37. The molecule has 2 fully saturated rings. The molecule has 0 bridgehead atoms. The number of hydrogen-bond acceptors (Lipinski definition) is 2. The van der Waals surface area contributed by atoms with E-state index in [0.717, 1.165) is 19.5 Å². The molecular weight excluding hydrogens is 144 g/mol. The van der Waals surface area contributed by atoms with Gasteiger partial charge in [-0.2, -0.15) is 0 Å². The Morgan fingerprint density at radius 3 is 3.00 bits per heavy atom. The molecule has 2 aliphatic heterocycles. The minimum Gasteiger partial charge on any atom is -0.465 e. The summed E-state index contributed by atoms with van der Waals surface area (Å²) in [5.74, 6) is 0.575. The largest absolute Gasteiger partial charge is 0.465 e. The van der Waals surface area contributed by atoms with Crippen LogP contribution in [0.25, 0.3) is 0 Å². The van der Waals surface area contributed by atoms with Gasteiger partial charge in [-0.05, 0) is 18.9 Å². The van der Waals surface area contributed by atoms with E-state index in [0.29, 0.717) is 18.5 Å². The topological polar surface area (TPSA) is 52.6 Å². The first-order chi connectivity index (χ1) is 5.27. The molecule has 11 heavy (non-hydrogen) atoms. The van der Waals surface area contributed by atoms with E-state index in [2.05, 4.69) is 5.32 Å². The van der Waals surface area contributed by atoms with Gasteiger partial charge in [-0.1, -0.05) is 0 Å². The maximum atomic E-state index is 10.5. The van der Waals surface area contributed by atoms with Crippen molar-refractivity contribution in [3.05, 3.63) is 0 Å². The van der Waals surface area contributed by atoms with Gasteiger partial charge in [0.05, 0.1) is 0 Å². The molecule has 62 valence electrons. The zero-order valence-corrected chi connectivity index (χ0v) is 6.29. The summed E-state index contributed by atoms with van der Waals surface area (Å²) < 4.78 is 0. The summed E-state index contributed by atoms with van der Waals surface area (Å²) in [4.78, 5) is 12.0. The van der Waals surface area contributed by atoms with Gasteiger partial charge >= 0.3 is 6.09 Å². The number of likely N-dealkylation sites (tertiary alicyclic amines) is 1. The Balaban J connectivity index is 1.99. The lowest BCUT2D eigenvalue weighted by Gasteiger charge is -2.11. The minimum atomic E-state index is -0.777. The fourth-order valence-corrected chi connectivity index (χ4v) is 2.01. The molecule has 4 heteroatoms. The molecule has 2 saturated heterocycles. The molecule has 0 aromatic heterocycles. The fourth-order valence-electron chi connectivity index (χ4n) is 2.01. The Morgan fingerprint density at radius 2 is 2.36 bits per heavy atom.